The van der Waals surface area contributed by atoms with E-state index < -0.39 is 26.5 Å². The van der Waals surface area contributed by atoms with E-state index in [2.05, 4.69) is 17.2 Å². The summed E-state index contributed by atoms with van der Waals surface area (Å²) in [5.41, 5.74) is 2.41. The van der Waals surface area contributed by atoms with Gasteiger partial charge in [-0.25, -0.2) is 13.9 Å². The third kappa shape index (κ3) is 7.20. The first kappa shape index (κ1) is 31.0. The Labute approximate surface area is 225 Å². The molecular formula is C26H38ClN3O6S. The van der Waals surface area contributed by atoms with Gasteiger partial charge in [0.25, 0.3) is 5.91 Å². The molecule has 1 aliphatic rings. The van der Waals surface area contributed by atoms with Crippen LogP contribution >= 0.6 is 12.4 Å². The van der Waals surface area contributed by atoms with Crippen LogP contribution in [0.2, 0.25) is 0 Å². The first-order chi connectivity index (χ1) is 17.4. The number of pyridine rings is 1. The summed E-state index contributed by atoms with van der Waals surface area (Å²) in [6.07, 6.45) is 8.60. The second-order valence-corrected chi connectivity index (χ2v) is 11.2. The molecule has 1 saturated carbocycles. The second-order valence-electron chi connectivity index (χ2n) is 9.12. The van der Waals surface area contributed by atoms with E-state index in [4.69, 9.17) is 9.47 Å². The summed E-state index contributed by atoms with van der Waals surface area (Å²) in [5.74, 6) is -1.09. The van der Waals surface area contributed by atoms with Crippen molar-refractivity contribution in [1.29, 1.82) is 0 Å². The zero-order valence-electron chi connectivity index (χ0n) is 21.4. The fraction of sp³-hybridized carbons (Fsp3) is 0.538. The van der Waals surface area contributed by atoms with Crippen molar-refractivity contribution in [3.63, 3.8) is 0 Å². The number of benzene rings is 1. The van der Waals surface area contributed by atoms with Crippen molar-refractivity contribution in [1.82, 2.24) is 15.8 Å². The monoisotopic (exact) mass is 555 g/mol. The Morgan fingerprint density at radius 1 is 1.08 bits per heavy atom. The molecule has 0 bridgehead atoms. The number of hydroxylamine groups is 1. The van der Waals surface area contributed by atoms with Gasteiger partial charge in [-0.05, 0) is 74.1 Å². The summed E-state index contributed by atoms with van der Waals surface area (Å²) >= 11 is 0. The number of hydrogen-bond acceptors (Lipinski definition) is 8. The number of unbranched alkanes of at least 4 members (excludes halogenated alkanes) is 2. The van der Waals surface area contributed by atoms with Crippen LogP contribution in [0, 0.1) is 5.92 Å². The molecule has 11 heteroatoms. The van der Waals surface area contributed by atoms with E-state index in [0.29, 0.717) is 38.0 Å². The van der Waals surface area contributed by atoms with Gasteiger partial charge in [0.15, 0.2) is 0 Å². The van der Waals surface area contributed by atoms with Crippen LogP contribution in [0.1, 0.15) is 57.4 Å². The summed E-state index contributed by atoms with van der Waals surface area (Å²) in [6.45, 7) is 2.91. The first-order valence-electron chi connectivity index (χ1n) is 12.5. The number of halogens is 1. The summed E-state index contributed by atoms with van der Waals surface area (Å²) in [7, 11) is -2.81. The van der Waals surface area contributed by atoms with Gasteiger partial charge in [-0.15, -0.1) is 12.4 Å². The Kier molecular flexibility index (Phi) is 12.3. The van der Waals surface area contributed by atoms with Crippen LogP contribution in [0.25, 0.3) is 0 Å². The number of carbonyl (C=O) groups excluding carboxylic acids is 1. The average molecular weight is 556 g/mol. The van der Waals surface area contributed by atoms with E-state index in [1.165, 1.54) is 19.2 Å². The van der Waals surface area contributed by atoms with Gasteiger partial charge < -0.3 is 9.47 Å². The molecule has 1 aromatic heterocycles. The predicted octanol–water partition coefficient (Wildman–Crippen LogP) is 4.04. The topological polar surface area (TPSA) is 127 Å². The molecule has 3 N–H and O–H groups in total. The Morgan fingerprint density at radius 2 is 1.73 bits per heavy atom. The molecule has 1 heterocycles. The van der Waals surface area contributed by atoms with Gasteiger partial charge in [-0.1, -0.05) is 19.8 Å². The molecule has 1 aliphatic carbocycles. The number of sulfone groups is 1. The summed E-state index contributed by atoms with van der Waals surface area (Å²) < 4.78 is 39.5. The molecule has 1 amide bonds. The lowest BCUT2D eigenvalue weighted by Gasteiger charge is -2.42. The van der Waals surface area contributed by atoms with Crippen LogP contribution in [0.5, 0.6) is 5.75 Å². The molecule has 1 atom stereocenters. The fourth-order valence-electron chi connectivity index (χ4n) is 4.84. The molecule has 0 saturated heterocycles. The average Bonchev–Trinajstić information content (AvgIpc) is 2.92. The van der Waals surface area contributed by atoms with Crippen LogP contribution in [0.3, 0.4) is 0 Å². The largest absolute Gasteiger partial charge is 0.497 e. The maximum atomic E-state index is 14.2. The number of rotatable bonds is 13. The molecule has 0 radical (unpaired) electrons. The fourth-order valence-corrected chi connectivity index (χ4v) is 6.93. The van der Waals surface area contributed by atoms with Crippen molar-refractivity contribution in [2.24, 2.45) is 5.92 Å². The third-order valence-corrected chi connectivity index (χ3v) is 9.29. The standard InChI is InChI=1S/C26H37N3O6S.ClH/c1-3-4-5-18-35-23-8-6-21(7-9-23)26(25(30)29-31,28-19-20-14-16-27-17-15-20)36(32,33)24-12-10-22(34-2)11-13-24;/h10-17,21,23,28,31H,3-9,18-19H2,1-2H3,(H,29,30);1H/t21?,23?,26-;/m1./s1. The van der Waals surface area contributed by atoms with Crippen LogP contribution < -0.4 is 15.5 Å². The molecular weight excluding hydrogens is 518 g/mol. The van der Waals surface area contributed by atoms with Crippen LogP contribution in [0.4, 0.5) is 0 Å². The van der Waals surface area contributed by atoms with E-state index in [9.17, 15) is 18.4 Å². The summed E-state index contributed by atoms with van der Waals surface area (Å²) in [6, 6.07) is 9.41. The number of hydrogen-bond donors (Lipinski definition) is 3. The van der Waals surface area contributed by atoms with Crippen LogP contribution in [0.15, 0.2) is 53.7 Å². The van der Waals surface area contributed by atoms with Crippen molar-refractivity contribution in [2.45, 2.75) is 74.3 Å². The van der Waals surface area contributed by atoms with Crippen LogP contribution in [-0.2, 0) is 25.9 Å². The van der Waals surface area contributed by atoms with Gasteiger partial charge in [0.05, 0.1) is 18.1 Å². The zero-order valence-corrected chi connectivity index (χ0v) is 23.0. The smallest absolute Gasteiger partial charge is 0.280 e. The van der Waals surface area contributed by atoms with E-state index >= 15 is 0 Å². The van der Waals surface area contributed by atoms with Gasteiger partial charge >= 0.3 is 0 Å². The zero-order chi connectivity index (χ0) is 26.0. The lowest BCUT2D eigenvalue weighted by molar-refractivity contribution is -0.135. The quantitative estimate of drug-likeness (QED) is 0.192. The number of ether oxygens (including phenoxy) is 2. The number of amides is 1. The molecule has 0 aliphatic heterocycles. The number of carbonyl (C=O) groups is 1. The highest BCUT2D eigenvalue weighted by Gasteiger charge is 2.57. The Balaban J connectivity index is 0.00000481. The normalized spacial score (nSPS) is 19.3. The molecule has 206 valence electrons. The van der Waals surface area contributed by atoms with Crippen molar-refractivity contribution in [3.8, 4) is 5.75 Å². The van der Waals surface area contributed by atoms with Gasteiger partial charge in [-0.3, -0.25) is 20.3 Å². The molecule has 37 heavy (non-hydrogen) atoms. The lowest BCUT2D eigenvalue weighted by atomic mass is 9.81. The number of nitrogens with one attached hydrogen (secondary N) is 2. The van der Waals surface area contributed by atoms with Crippen molar-refractivity contribution < 1.29 is 27.9 Å². The van der Waals surface area contributed by atoms with Crippen molar-refractivity contribution in [2.75, 3.05) is 13.7 Å². The Hall–Kier alpha value is -2.24. The molecule has 9 nitrogen and oxygen atoms in total. The predicted molar refractivity (Wildman–Crippen MR) is 142 cm³/mol. The van der Waals surface area contributed by atoms with Gasteiger partial charge in [0.1, 0.15) is 5.75 Å². The molecule has 2 aromatic rings. The van der Waals surface area contributed by atoms with Gasteiger partial charge in [0, 0.05) is 31.5 Å². The van der Waals surface area contributed by atoms with Gasteiger partial charge in [0.2, 0.25) is 14.7 Å². The molecule has 0 spiro atoms. The van der Waals surface area contributed by atoms with Crippen molar-refractivity contribution in [3.05, 3.63) is 54.4 Å². The lowest BCUT2D eigenvalue weighted by Crippen LogP contribution is -2.66. The minimum Gasteiger partial charge on any atom is -0.497 e. The highest BCUT2D eigenvalue weighted by Crippen LogP contribution is 2.41. The third-order valence-electron chi connectivity index (χ3n) is 6.89. The maximum Gasteiger partial charge on any atom is 0.280 e. The van der Waals surface area contributed by atoms with Crippen molar-refractivity contribution >= 4 is 28.2 Å². The summed E-state index contributed by atoms with van der Waals surface area (Å²) in [4.78, 5) is 15.2. The summed E-state index contributed by atoms with van der Waals surface area (Å²) in [5, 5.41) is 12.8. The number of methoxy groups -OCH3 is 1. The Morgan fingerprint density at radius 3 is 2.30 bits per heavy atom. The van der Waals surface area contributed by atoms with E-state index in [1.54, 1.807) is 42.1 Å². The molecule has 1 fully saturated rings. The SMILES string of the molecule is CCCCCOC1CCC([C@](NCc2ccncc2)(C(=O)NO)S(=O)(=O)c2ccc(OC)cc2)CC1.Cl. The van der Waals surface area contributed by atoms with E-state index in [-0.39, 0.29) is 30.0 Å². The molecule has 3 rings (SSSR count). The van der Waals surface area contributed by atoms with E-state index in [0.717, 1.165) is 24.8 Å². The highest BCUT2D eigenvalue weighted by molar-refractivity contribution is 7.93. The minimum absolute atomic E-state index is 0. The number of nitrogens with zero attached hydrogens (tertiary/aromatic N) is 1. The van der Waals surface area contributed by atoms with E-state index in [1.807, 2.05) is 0 Å². The van der Waals surface area contributed by atoms with Gasteiger partial charge in [-0.2, -0.15) is 0 Å². The van der Waals surface area contributed by atoms with Crippen LogP contribution in [-0.4, -0.2) is 49.2 Å². The Bertz CT molecular complexity index is 1060. The number of aromatic nitrogens is 1. The molecule has 1 aromatic carbocycles. The highest BCUT2D eigenvalue weighted by atomic mass is 35.5. The second kappa shape index (κ2) is 14.6. The maximum absolute atomic E-state index is 14.2. The molecule has 0 unspecified atom stereocenters. The minimum atomic E-state index is -4.31. The first-order valence-corrected chi connectivity index (χ1v) is 14.0.